The van der Waals surface area contributed by atoms with Crippen LogP contribution in [0, 0.1) is 30.3 Å². The van der Waals surface area contributed by atoms with Crippen molar-refractivity contribution in [2.75, 3.05) is 13.1 Å². The fourth-order valence-electron chi connectivity index (χ4n) is 4.53. The first-order chi connectivity index (χ1) is 15.9. The molecule has 1 aliphatic heterocycles. The van der Waals surface area contributed by atoms with Gasteiger partial charge in [-0.25, -0.2) is 13.2 Å². The van der Waals surface area contributed by atoms with E-state index in [9.17, 15) is 18.0 Å². The number of hydrogen-bond acceptors (Lipinski definition) is 2. The molecule has 172 valence electrons. The number of carbonyl (C=O) groups excluding carboxylic acids is 1. The summed E-state index contributed by atoms with van der Waals surface area (Å²) in [6, 6.07) is 17.8. The molecule has 2 atom stereocenters. The Hall–Kier alpha value is -3.12. The third kappa shape index (κ3) is 6.02. The van der Waals surface area contributed by atoms with Gasteiger partial charge in [-0.1, -0.05) is 48.0 Å². The van der Waals surface area contributed by atoms with Gasteiger partial charge in [0.2, 0.25) is 5.91 Å². The van der Waals surface area contributed by atoms with Gasteiger partial charge in [-0.2, -0.15) is 0 Å². The summed E-state index contributed by atoms with van der Waals surface area (Å²) in [4.78, 5) is 15.1. The van der Waals surface area contributed by atoms with E-state index < -0.39 is 11.6 Å². The maximum atomic E-state index is 14.3. The van der Waals surface area contributed by atoms with Gasteiger partial charge in [0.15, 0.2) is 0 Å². The molecule has 1 amide bonds. The lowest BCUT2D eigenvalue weighted by molar-refractivity contribution is -0.127. The minimum atomic E-state index is -0.618. The highest BCUT2D eigenvalue weighted by Crippen LogP contribution is 2.32. The van der Waals surface area contributed by atoms with Crippen molar-refractivity contribution in [3.8, 4) is 0 Å². The van der Waals surface area contributed by atoms with Gasteiger partial charge in [-0.05, 0) is 48.6 Å². The molecule has 33 heavy (non-hydrogen) atoms. The van der Waals surface area contributed by atoms with E-state index in [1.54, 1.807) is 12.1 Å². The Balaban J connectivity index is 1.50. The van der Waals surface area contributed by atoms with Gasteiger partial charge in [0.25, 0.3) is 0 Å². The van der Waals surface area contributed by atoms with Gasteiger partial charge in [-0.15, -0.1) is 0 Å². The Bertz CT molecular complexity index is 1120. The number of likely N-dealkylation sites (tertiary alicyclic amines) is 1. The van der Waals surface area contributed by atoms with Crippen LogP contribution in [-0.2, 0) is 17.9 Å². The lowest BCUT2D eigenvalue weighted by Gasteiger charge is -2.37. The van der Waals surface area contributed by atoms with Crippen molar-refractivity contribution in [1.29, 1.82) is 0 Å². The molecule has 0 saturated carbocycles. The minimum absolute atomic E-state index is 0.00224. The second-order valence-electron chi connectivity index (χ2n) is 8.82. The van der Waals surface area contributed by atoms with E-state index in [2.05, 4.69) is 5.32 Å². The summed E-state index contributed by atoms with van der Waals surface area (Å²) in [5, 5.41) is 3.03. The molecule has 0 bridgehead atoms. The molecule has 3 nitrogen and oxygen atoms in total. The van der Waals surface area contributed by atoms with E-state index in [0.717, 1.165) is 22.8 Å². The van der Waals surface area contributed by atoms with Crippen LogP contribution in [0.5, 0.6) is 0 Å². The Morgan fingerprint density at radius 2 is 1.73 bits per heavy atom. The second kappa shape index (κ2) is 10.2. The Morgan fingerprint density at radius 1 is 0.970 bits per heavy atom. The third-order valence-corrected chi connectivity index (χ3v) is 6.20. The van der Waals surface area contributed by atoms with Crippen LogP contribution >= 0.6 is 0 Å². The maximum Gasteiger partial charge on any atom is 0.224 e. The van der Waals surface area contributed by atoms with Gasteiger partial charge in [0.1, 0.15) is 17.5 Å². The van der Waals surface area contributed by atoms with E-state index >= 15 is 0 Å². The van der Waals surface area contributed by atoms with E-state index in [-0.39, 0.29) is 30.1 Å². The van der Waals surface area contributed by atoms with Gasteiger partial charge < -0.3 is 5.32 Å². The molecule has 4 rings (SSSR count). The number of rotatable bonds is 6. The Labute approximate surface area is 192 Å². The van der Waals surface area contributed by atoms with Crippen molar-refractivity contribution in [3.05, 3.63) is 106 Å². The molecule has 0 aromatic heterocycles. The predicted molar refractivity (Wildman–Crippen MR) is 122 cm³/mol. The van der Waals surface area contributed by atoms with Crippen LogP contribution in [0.1, 0.15) is 34.6 Å². The topological polar surface area (TPSA) is 32.3 Å². The maximum absolute atomic E-state index is 14.3. The van der Waals surface area contributed by atoms with E-state index in [4.69, 9.17) is 0 Å². The first kappa shape index (κ1) is 23.1. The number of nitrogens with zero attached hydrogens (tertiary/aromatic N) is 1. The lowest BCUT2D eigenvalue weighted by atomic mass is 9.83. The Kier molecular flexibility index (Phi) is 7.14. The first-order valence-corrected chi connectivity index (χ1v) is 11.1. The molecule has 1 aliphatic rings. The van der Waals surface area contributed by atoms with Crippen LogP contribution in [0.25, 0.3) is 0 Å². The van der Waals surface area contributed by atoms with Crippen LogP contribution < -0.4 is 5.32 Å². The highest BCUT2D eigenvalue weighted by Gasteiger charge is 2.32. The van der Waals surface area contributed by atoms with Gasteiger partial charge in [0.05, 0.1) is 5.92 Å². The number of aryl methyl sites for hydroxylation is 1. The molecule has 1 saturated heterocycles. The highest BCUT2D eigenvalue weighted by molar-refractivity contribution is 5.79. The monoisotopic (exact) mass is 452 g/mol. The van der Waals surface area contributed by atoms with Gasteiger partial charge in [-0.3, -0.25) is 9.69 Å². The van der Waals surface area contributed by atoms with Crippen LogP contribution in [-0.4, -0.2) is 23.9 Å². The lowest BCUT2D eigenvalue weighted by Crippen LogP contribution is -2.45. The van der Waals surface area contributed by atoms with Crippen LogP contribution in [0.4, 0.5) is 13.2 Å². The largest absolute Gasteiger partial charge is 0.352 e. The number of hydrogen-bond donors (Lipinski definition) is 1. The summed E-state index contributed by atoms with van der Waals surface area (Å²) in [6.07, 6.45) is 0.619. The number of halogens is 3. The fourth-order valence-corrected chi connectivity index (χ4v) is 4.53. The minimum Gasteiger partial charge on any atom is -0.352 e. The number of piperidine rings is 1. The predicted octanol–water partition coefficient (Wildman–Crippen LogP) is 5.33. The molecule has 6 heteroatoms. The number of benzene rings is 3. The van der Waals surface area contributed by atoms with Crippen molar-refractivity contribution >= 4 is 5.91 Å². The standard InChI is InChI=1S/C27H27F3N2O/c1-18-3-2-4-19(11-18)14-31-27(33)23-12-22(20-5-8-24(28)9-6-20)16-32(17-23)15-21-7-10-25(29)13-26(21)30/h2-11,13,22-23H,12,14-17H2,1H3,(H,31,33)/t22-,23+/m0/s1. The fraction of sp³-hybridized carbons (Fsp3) is 0.296. The third-order valence-electron chi connectivity index (χ3n) is 6.20. The number of carbonyl (C=O) groups is 1. The molecule has 1 N–H and O–H groups in total. The van der Waals surface area contributed by atoms with Crippen molar-refractivity contribution in [2.24, 2.45) is 5.92 Å². The Morgan fingerprint density at radius 3 is 2.45 bits per heavy atom. The zero-order valence-electron chi connectivity index (χ0n) is 18.5. The van der Waals surface area contributed by atoms with Crippen molar-refractivity contribution in [1.82, 2.24) is 10.2 Å². The van der Waals surface area contributed by atoms with Crippen molar-refractivity contribution in [2.45, 2.75) is 32.4 Å². The van der Waals surface area contributed by atoms with Crippen molar-refractivity contribution in [3.63, 3.8) is 0 Å². The molecule has 0 radical (unpaired) electrons. The van der Waals surface area contributed by atoms with Crippen LogP contribution in [0.2, 0.25) is 0 Å². The molecular formula is C27H27F3N2O. The van der Waals surface area contributed by atoms with Gasteiger partial charge in [0, 0.05) is 37.8 Å². The van der Waals surface area contributed by atoms with Crippen LogP contribution in [0.15, 0.2) is 66.7 Å². The SMILES string of the molecule is Cc1cccc(CNC(=O)[C@@H]2C[C@H](c3ccc(F)cc3)CN(Cc3ccc(F)cc3F)C2)c1. The second-order valence-corrected chi connectivity index (χ2v) is 8.82. The number of nitrogens with one attached hydrogen (secondary N) is 1. The first-order valence-electron chi connectivity index (χ1n) is 11.1. The molecule has 1 heterocycles. The zero-order valence-corrected chi connectivity index (χ0v) is 18.5. The quantitative estimate of drug-likeness (QED) is 0.548. The summed E-state index contributed by atoms with van der Waals surface area (Å²) in [5.41, 5.74) is 3.48. The molecule has 0 spiro atoms. The highest BCUT2D eigenvalue weighted by atomic mass is 19.1. The molecule has 0 aliphatic carbocycles. The van der Waals surface area contributed by atoms with Crippen LogP contribution in [0.3, 0.4) is 0 Å². The average molecular weight is 453 g/mol. The normalized spacial score (nSPS) is 18.8. The van der Waals surface area contributed by atoms with E-state index in [1.807, 2.05) is 36.1 Å². The average Bonchev–Trinajstić information content (AvgIpc) is 2.80. The van der Waals surface area contributed by atoms with E-state index in [0.29, 0.717) is 31.6 Å². The zero-order chi connectivity index (χ0) is 23.4. The smallest absolute Gasteiger partial charge is 0.224 e. The molecule has 3 aromatic carbocycles. The molecule has 3 aromatic rings. The summed E-state index contributed by atoms with van der Waals surface area (Å²) >= 11 is 0. The molecule has 0 unspecified atom stereocenters. The van der Waals surface area contributed by atoms with E-state index in [1.165, 1.54) is 24.3 Å². The summed E-state index contributed by atoms with van der Waals surface area (Å²) in [6.45, 7) is 3.78. The molecule has 1 fully saturated rings. The molecular weight excluding hydrogens is 425 g/mol. The summed E-state index contributed by atoms with van der Waals surface area (Å²) < 4.78 is 41.0. The number of amides is 1. The van der Waals surface area contributed by atoms with Crippen molar-refractivity contribution < 1.29 is 18.0 Å². The summed E-state index contributed by atoms with van der Waals surface area (Å²) in [5.74, 6) is -1.90. The van der Waals surface area contributed by atoms with Gasteiger partial charge >= 0.3 is 0 Å². The summed E-state index contributed by atoms with van der Waals surface area (Å²) in [7, 11) is 0.